The summed E-state index contributed by atoms with van der Waals surface area (Å²) in [5.41, 5.74) is 0. The molecule has 1 aliphatic rings. The molecule has 0 bridgehead atoms. The topological polar surface area (TPSA) is 0 Å². The van der Waals surface area contributed by atoms with Crippen LogP contribution in [-0.2, 0) is 0 Å². The molecular formula is C9H17BF3-. The van der Waals surface area contributed by atoms with Gasteiger partial charge in [0, 0.05) is 0 Å². The minimum absolute atomic E-state index is 0.367. The van der Waals surface area contributed by atoms with Crippen LogP contribution in [-0.4, -0.2) is 6.98 Å². The highest BCUT2D eigenvalue weighted by Gasteiger charge is 2.37. The minimum Gasteiger partial charge on any atom is -0.449 e. The quantitative estimate of drug-likeness (QED) is 0.580. The van der Waals surface area contributed by atoms with Gasteiger partial charge in [-0.05, 0) is 11.8 Å². The van der Waals surface area contributed by atoms with Gasteiger partial charge in [-0.25, -0.2) is 0 Å². The van der Waals surface area contributed by atoms with Crippen LogP contribution in [0.25, 0.3) is 0 Å². The summed E-state index contributed by atoms with van der Waals surface area (Å²) in [4.78, 5) is 0. The van der Waals surface area contributed by atoms with Crippen LogP contribution in [0.5, 0.6) is 0 Å². The highest BCUT2D eigenvalue weighted by molar-refractivity contribution is 6.60. The molecule has 0 saturated heterocycles. The molecule has 0 spiro atoms. The van der Waals surface area contributed by atoms with E-state index in [9.17, 15) is 12.9 Å². The third-order valence-electron chi connectivity index (χ3n) is 3.29. The molecule has 0 aliphatic heterocycles. The van der Waals surface area contributed by atoms with Gasteiger partial charge in [0.1, 0.15) is 0 Å². The summed E-state index contributed by atoms with van der Waals surface area (Å²) < 4.78 is 37.0. The molecule has 1 fully saturated rings. The van der Waals surface area contributed by atoms with Crippen molar-refractivity contribution in [1.29, 1.82) is 0 Å². The molecule has 0 atom stereocenters. The van der Waals surface area contributed by atoms with Crippen molar-refractivity contribution in [1.82, 2.24) is 0 Å². The van der Waals surface area contributed by atoms with Gasteiger partial charge in [-0.3, -0.25) is 0 Å². The molecule has 1 rings (SSSR count). The molecule has 0 nitrogen and oxygen atoms in total. The monoisotopic (exact) mass is 193 g/mol. The van der Waals surface area contributed by atoms with Crippen LogP contribution in [0.1, 0.15) is 39.5 Å². The second-order valence-electron chi connectivity index (χ2n) is 4.54. The van der Waals surface area contributed by atoms with Crippen molar-refractivity contribution < 1.29 is 12.9 Å². The van der Waals surface area contributed by atoms with Crippen LogP contribution in [0.4, 0.5) is 12.9 Å². The number of rotatable bonds is 2. The summed E-state index contributed by atoms with van der Waals surface area (Å²) in [5, 5.41) is 0. The van der Waals surface area contributed by atoms with Gasteiger partial charge in [0.25, 0.3) is 0 Å². The molecule has 0 aromatic carbocycles. The molecule has 0 amide bonds. The summed E-state index contributed by atoms with van der Waals surface area (Å²) in [6, 6.07) is 0. The van der Waals surface area contributed by atoms with E-state index in [2.05, 4.69) is 13.8 Å². The fraction of sp³-hybridized carbons (Fsp3) is 1.00. The molecule has 1 saturated carbocycles. The maximum Gasteiger partial charge on any atom is 0.481 e. The third-order valence-corrected chi connectivity index (χ3v) is 3.29. The van der Waals surface area contributed by atoms with E-state index < -0.39 is 12.8 Å². The van der Waals surface area contributed by atoms with Crippen molar-refractivity contribution >= 4 is 6.98 Å². The summed E-state index contributed by atoms with van der Waals surface area (Å²) in [7, 11) is 0. The van der Waals surface area contributed by atoms with Crippen LogP contribution in [0.3, 0.4) is 0 Å². The van der Waals surface area contributed by atoms with Crippen LogP contribution in [0.15, 0.2) is 0 Å². The van der Waals surface area contributed by atoms with Crippen LogP contribution in [0.2, 0.25) is 5.82 Å². The second-order valence-corrected chi connectivity index (χ2v) is 4.54. The summed E-state index contributed by atoms with van der Waals surface area (Å²) in [6.45, 7) is -0.369. The lowest BCUT2D eigenvalue weighted by Crippen LogP contribution is -2.29. The smallest absolute Gasteiger partial charge is 0.449 e. The maximum atomic E-state index is 12.3. The van der Waals surface area contributed by atoms with Gasteiger partial charge in [0.05, 0.1) is 0 Å². The van der Waals surface area contributed by atoms with E-state index in [-0.39, 0.29) is 0 Å². The van der Waals surface area contributed by atoms with Gasteiger partial charge in [0.15, 0.2) is 0 Å². The summed E-state index contributed by atoms with van der Waals surface area (Å²) in [5.74, 6) is 0.103. The zero-order valence-corrected chi connectivity index (χ0v) is 8.27. The van der Waals surface area contributed by atoms with Crippen molar-refractivity contribution in [3.8, 4) is 0 Å². The number of hydrogen-bond acceptors (Lipinski definition) is 0. The molecular weight excluding hydrogens is 176 g/mol. The Morgan fingerprint density at radius 1 is 1.00 bits per heavy atom. The summed E-state index contributed by atoms with van der Waals surface area (Å²) >= 11 is 0. The van der Waals surface area contributed by atoms with Crippen LogP contribution < -0.4 is 0 Å². The lowest BCUT2D eigenvalue weighted by Gasteiger charge is -2.35. The highest BCUT2D eigenvalue weighted by atomic mass is 19.4. The van der Waals surface area contributed by atoms with E-state index in [1.54, 1.807) is 0 Å². The molecule has 0 radical (unpaired) electrons. The molecule has 0 unspecified atom stereocenters. The first-order valence-corrected chi connectivity index (χ1v) is 5.11. The fourth-order valence-corrected chi connectivity index (χ4v) is 2.19. The molecule has 0 N–H and O–H groups in total. The fourth-order valence-electron chi connectivity index (χ4n) is 2.19. The molecule has 78 valence electrons. The van der Waals surface area contributed by atoms with Gasteiger partial charge in [-0.2, -0.15) is 0 Å². The molecule has 13 heavy (non-hydrogen) atoms. The predicted molar refractivity (Wildman–Crippen MR) is 49.6 cm³/mol. The summed E-state index contributed by atoms with van der Waals surface area (Å²) in [6.07, 6.45) is 2.27. The Morgan fingerprint density at radius 2 is 1.46 bits per heavy atom. The standard InChI is InChI=1S/C9H17BF3/c1-7(2)8-3-5-9(6-4-8)10(11,12)13/h7-9H,3-6H2,1-2H3/q-1. The number of hydrogen-bond donors (Lipinski definition) is 0. The SMILES string of the molecule is CC(C)C1CCC([B-](F)(F)F)CC1. The lowest BCUT2D eigenvalue weighted by molar-refractivity contribution is 0.256. The number of halogens is 3. The van der Waals surface area contributed by atoms with Crippen molar-refractivity contribution in [2.45, 2.75) is 45.3 Å². The maximum absolute atomic E-state index is 12.3. The van der Waals surface area contributed by atoms with E-state index >= 15 is 0 Å². The van der Waals surface area contributed by atoms with E-state index in [1.165, 1.54) is 0 Å². The van der Waals surface area contributed by atoms with Crippen LogP contribution in [0, 0.1) is 11.8 Å². The van der Waals surface area contributed by atoms with Gasteiger partial charge in [0.2, 0.25) is 0 Å². The molecule has 0 aromatic heterocycles. The Balaban J connectivity index is 2.39. The largest absolute Gasteiger partial charge is 0.481 e. The Morgan fingerprint density at radius 3 is 1.77 bits per heavy atom. The first-order chi connectivity index (χ1) is 5.91. The highest BCUT2D eigenvalue weighted by Crippen LogP contribution is 2.43. The third kappa shape index (κ3) is 2.92. The Hall–Kier alpha value is -0.145. The normalized spacial score (nSPS) is 30.9. The van der Waals surface area contributed by atoms with Crippen molar-refractivity contribution in [2.75, 3.05) is 0 Å². The predicted octanol–water partition coefficient (Wildman–Crippen LogP) is 4.05. The average molecular weight is 193 g/mol. The first kappa shape index (κ1) is 10.9. The van der Waals surface area contributed by atoms with Gasteiger partial charge >= 0.3 is 6.98 Å². The van der Waals surface area contributed by atoms with Crippen LogP contribution >= 0.6 is 0 Å². The second kappa shape index (κ2) is 3.93. The lowest BCUT2D eigenvalue weighted by atomic mass is 9.62. The Bertz CT molecular complexity index is 157. The molecule has 4 heteroatoms. The Kier molecular flexibility index (Phi) is 3.30. The van der Waals surface area contributed by atoms with E-state index in [4.69, 9.17) is 0 Å². The van der Waals surface area contributed by atoms with Crippen molar-refractivity contribution in [3.05, 3.63) is 0 Å². The van der Waals surface area contributed by atoms with E-state index in [0.717, 1.165) is 12.8 Å². The van der Waals surface area contributed by atoms with Crippen molar-refractivity contribution in [2.24, 2.45) is 11.8 Å². The zero-order chi connectivity index (χ0) is 10.1. The van der Waals surface area contributed by atoms with Gasteiger partial charge in [-0.15, -0.1) is 0 Å². The first-order valence-electron chi connectivity index (χ1n) is 5.11. The van der Waals surface area contributed by atoms with E-state index in [0.29, 0.717) is 24.7 Å². The molecule has 0 aromatic rings. The minimum atomic E-state index is -4.57. The molecule has 0 heterocycles. The molecule has 1 aliphatic carbocycles. The van der Waals surface area contributed by atoms with Gasteiger partial charge in [-0.1, -0.05) is 45.3 Å². The van der Waals surface area contributed by atoms with E-state index in [1.807, 2.05) is 0 Å². The Labute approximate surface area is 78.0 Å². The van der Waals surface area contributed by atoms with Crippen molar-refractivity contribution in [3.63, 3.8) is 0 Å². The van der Waals surface area contributed by atoms with Gasteiger partial charge < -0.3 is 12.9 Å². The average Bonchev–Trinajstić information content (AvgIpc) is 2.03. The zero-order valence-electron chi connectivity index (χ0n) is 8.27.